The van der Waals surface area contributed by atoms with E-state index in [2.05, 4.69) is 5.32 Å². The molecule has 3 nitrogen and oxygen atoms in total. The predicted octanol–water partition coefficient (Wildman–Crippen LogP) is 1.52. The quantitative estimate of drug-likeness (QED) is 0.836. The highest BCUT2D eigenvalue weighted by molar-refractivity contribution is 5.79. The summed E-state index contributed by atoms with van der Waals surface area (Å²) in [4.78, 5) is 11.7. The molecular weight excluding hydrogens is 219 g/mol. The van der Waals surface area contributed by atoms with Gasteiger partial charge in [-0.1, -0.05) is 13.0 Å². The van der Waals surface area contributed by atoms with Gasteiger partial charge in [-0.2, -0.15) is 0 Å². The first-order valence-electron chi connectivity index (χ1n) is 5.90. The minimum Gasteiger partial charge on any atom is -0.349 e. The molecule has 1 aromatic carbocycles. The number of hydrogen-bond acceptors (Lipinski definition) is 2. The third-order valence-corrected chi connectivity index (χ3v) is 3.30. The van der Waals surface area contributed by atoms with Crippen LogP contribution in [-0.4, -0.2) is 12.5 Å². The molecule has 0 saturated heterocycles. The standard InChI is InChI=1S/C13H17FN2O/c1-8(7-15)13(17)16-12-5-2-9-6-10(14)3-4-11(9)12/h3-4,6,8,12H,2,5,7,15H2,1H3,(H,16,17). The van der Waals surface area contributed by atoms with Crippen molar-refractivity contribution in [3.63, 3.8) is 0 Å². The second kappa shape index (κ2) is 4.84. The van der Waals surface area contributed by atoms with Crippen molar-refractivity contribution >= 4 is 5.91 Å². The zero-order valence-corrected chi connectivity index (χ0v) is 9.87. The Labute approximate surface area is 100 Å². The molecule has 1 aromatic rings. The molecule has 2 rings (SSSR count). The number of carbonyl (C=O) groups is 1. The molecule has 2 unspecified atom stereocenters. The van der Waals surface area contributed by atoms with E-state index >= 15 is 0 Å². The molecule has 4 heteroatoms. The van der Waals surface area contributed by atoms with Gasteiger partial charge in [0.1, 0.15) is 5.82 Å². The fraction of sp³-hybridized carbons (Fsp3) is 0.462. The summed E-state index contributed by atoms with van der Waals surface area (Å²) in [5.41, 5.74) is 7.48. The summed E-state index contributed by atoms with van der Waals surface area (Å²) >= 11 is 0. The molecule has 0 heterocycles. The summed E-state index contributed by atoms with van der Waals surface area (Å²) in [7, 11) is 0. The van der Waals surface area contributed by atoms with E-state index in [-0.39, 0.29) is 23.7 Å². The summed E-state index contributed by atoms with van der Waals surface area (Å²) in [6.07, 6.45) is 1.65. The Morgan fingerprint density at radius 1 is 1.65 bits per heavy atom. The number of halogens is 1. The molecule has 0 fully saturated rings. The molecule has 3 N–H and O–H groups in total. The fourth-order valence-electron chi connectivity index (χ4n) is 2.16. The van der Waals surface area contributed by atoms with Crippen LogP contribution in [0.1, 0.15) is 30.5 Å². The van der Waals surface area contributed by atoms with Gasteiger partial charge in [0.2, 0.25) is 5.91 Å². The molecule has 0 spiro atoms. The average molecular weight is 236 g/mol. The Hall–Kier alpha value is -1.42. The van der Waals surface area contributed by atoms with Crippen LogP contribution in [0.15, 0.2) is 18.2 Å². The van der Waals surface area contributed by atoms with Crippen LogP contribution in [-0.2, 0) is 11.2 Å². The monoisotopic (exact) mass is 236 g/mol. The van der Waals surface area contributed by atoms with Gasteiger partial charge in [-0.15, -0.1) is 0 Å². The third kappa shape index (κ3) is 2.47. The topological polar surface area (TPSA) is 55.1 Å². The fourth-order valence-corrected chi connectivity index (χ4v) is 2.16. The largest absolute Gasteiger partial charge is 0.349 e. The van der Waals surface area contributed by atoms with Crippen LogP contribution < -0.4 is 11.1 Å². The van der Waals surface area contributed by atoms with Crippen LogP contribution in [0.25, 0.3) is 0 Å². The van der Waals surface area contributed by atoms with Crippen molar-refractivity contribution < 1.29 is 9.18 Å². The summed E-state index contributed by atoms with van der Waals surface area (Å²) in [5, 5.41) is 2.96. The van der Waals surface area contributed by atoms with E-state index in [9.17, 15) is 9.18 Å². The normalized spacial score (nSPS) is 19.8. The highest BCUT2D eigenvalue weighted by atomic mass is 19.1. The second-order valence-corrected chi connectivity index (χ2v) is 4.58. The van der Waals surface area contributed by atoms with E-state index in [0.29, 0.717) is 6.54 Å². The molecule has 0 aromatic heterocycles. The minimum atomic E-state index is -0.217. The van der Waals surface area contributed by atoms with E-state index in [4.69, 9.17) is 5.73 Å². The SMILES string of the molecule is CC(CN)C(=O)NC1CCc2cc(F)ccc21. The first kappa shape index (κ1) is 12.0. The maximum atomic E-state index is 13.0. The molecule has 1 amide bonds. The number of carbonyl (C=O) groups excluding carboxylic acids is 1. The number of benzene rings is 1. The van der Waals surface area contributed by atoms with Gasteiger partial charge in [0.05, 0.1) is 6.04 Å². The first-order valence-corrected chi connectivity index (χ1v) is 5.90. The molecule has 0 aliphatic heterocycles. The van der Waals surface area contributed by atoms with Crippen molar-refractivity contribution in [3.05, 3.63) is 35.1 Å². The molecule has 92 valence electrons. The van der Waals surface area contributed by atoms with Crippen molar-refractivity contribution in [2.24, 2.45) is 11.7 Å². The van der Waals surface area contributed by atoms with E-state index in [1.54, 1.807) is 19.1 Å². The molecule has 17 heavy (non-hydrogen) atoms. The maximum Gasteiger partial charge on any atom is 0.224 e. The Morgan fingerprint density at radius 2 is 2.41 bits per heavy atom. The third-order valence-electron chi connectivity index (χ3n) is 3.30. The summed E-state index contributed by atoms with van der Waals surface area (Å²) in [6, 6.07) is 4.76. The van der Waals surface area contributed by atoms with Gasteiger partial charge in [-0.25, -0.2) is 4.39 Å². The van der Waals surface area contributed by atoms with Gasteiger partial charge in [-0.3, -0.25) is 4.79 Å². The van der Waals surface area contributed by atoms with Crippen LogP contribution in [0.4, 0.5) is 4.39 Å². The number of nitrogens with one attached hydrogen (secondary N) is 1. The smallest absolute Gasteiger partial charge is 0.224 e. The lowest BCUT2D eigenvalue weighted by molar-refractivity contribution is -0.124. The summed E-state index contributed by atoms with van der Waals surface area (Å²) in [5.74, 6) is -0.430. The van der Waals surface area contributed by atoms with Crippen molar-refractivity contribution in [2.75, 3.05) is 6.54 Å². The number of nitrogens with two attached hydrogens (primary N) is 1. The van der Waals surface area contributed by atoms with Gasteiger partial charge >= 0.3 is 0 Å². The Kier molecular flexibility index (Phi) is 3.43. The second-order valence-electron chi connectivity index (χ2n) is 4.58. The molecule has 2 atom stereocenters. The van der Waals surface area contributed by atoms with E-state index in [0.717, 1.165) is 24.0 Å². The molecule has 0 saturated carbocycles. The summed E-state index contributed by atoms with van der Waals surface area (Å²) in [6.45, 7) is 2.14. The molecular formula is C13H17FN2O. The highest BCUT2D eigenvalue weighted by Gasteiger charge is 2.25. The number of fused-ring (bicyclic) bond motifs is 1. The zero-order chi connectivity index (χ0) is 12.4. The first-order chi connectivity index (χ1) is 8.11. The molecule has 1 aliphatic rings. The Balaban J connectivity index is 2.10. The lowest BCUT2D eigenvalue weighted by Gasteiger charge is -2.16. The molecule has 0 bridgehead atoms. The van der Waals surface area contributed by atoms with E-state index in [1.807, 2.05) is 0 Å². The van der Waals surface area contributed by atoms with Gasteiger partial charge in [-0.05, 0) is 36.1 Å². The summed E-state index contributed by atoms with van der Waals surface area (Å²) < 4.78 is 13.0. The Morgan fingerprint density at radius 3 is 3.12 bits per heavy atom. The number of aryl methyl sites for hydroxylation is 1. The maximum absolute atomic E-state index is 13.0. The highest BCUT2D eigenvalue weighted by Crippen LogP contribution is 2.31. The van der Waals surface area contributed by atoms with Crippen molar-refractivity contribution in [2.45, 2.75) is 25.8 Å². The zero-order valence-electron chi connectivity index (χ0n) is 9.87. The molecule has 1 aliphatic carbocycles. The molecule has 0 radical (unpaired) electrons. The van der Waals surface area contributed by atoms with Gasteiger partial charge in [0.15, 0.2) is 0 Å². The van der Waals surface area contributed by atoms with Crippen LogP contribution >= 0.6 is 0 Å². The van der Waals surface area contributed by atoms with E-state index in [1.165, 1.54) is 6.07 Å². The number of amides is 1. The number of hydrogen-bond donors (Lipinski definition) is 2. The average Bonchev–Trinajstić information content (AvgIpc) is 2.70. The number of rotatable bonds is 3. The van der Waals surface area contributed by atoms with Crippen LogP contribution in [0.5, 0.6) is 0 Å². The van der Waals surface area contributed by atoms with Crippen molar-refractivity contribution in [3.8, 4) is 0 Å². The Bertz CT molecular complexity index is 433. The van der Waals surface area contributed by atoms with Crippen molar-refractivity contribution in [1.29, 1.82) is 0 Å². The minimum absolute atomic E-state index is 0.00657. The van der Waals surface area contributed by atoms with Crippen molar-refractivity contribution in [1.82, 2.24) is 5.32 Å². The van der Waals surface area contributed by atoms with Gasteiger partial charge < -0.3 is 11.1 Å². The lowest BCUT2D eigenvalue weighted by Crippen LogP contribution is -2.35. The van der Waals surface area contributed by atoms with E-state index < -0.39 is 0 Å². The van der Waals surface area contributed by atoms with Gasteiger partial charge in [0, 0.05) is 12.5 Å². The van der Waals surface area contributed by atoms with Crippen LogP contribution in [0.3, 0.4) is 0 Å². The van der Waals surface area contributed by atoms with Crippen LogP contribution in [0, 0.1) is 11.7 Å². The van der Waals surface area contributed by atoms with Crippen LogP contribution in [0.2, 0.25) is 0 Å². The van der Waals surface area contributed by atoms with Gasteiger partial charge in [0.25, 0.3) is 0 Å². The predicted molar refractivity (Wildman–Crippen MR) is 63.8 cm³/mol. The lowest BCUT2D eigenvalue weighted by atomic mass is 10.1.